The van der Waals surface area contributed by atoms with Gasteiger partial charge in [-0.2, -0.15) is 0 Å². The summed E-state index contributed by atoms with van der Waals surface area (Å²) in [5.74, 6) is -0.592. The molecule has 1 atom stereocenters. The predicted molar refractivity (Wildman–Crippen MR) is 126 cm³/mol. The van der Waals surface area contributed by atoms with Crippen molar-refractivity contribution in [2.45, 2.75) is 12.8 Å². The molecule has 1 saturated heterocycles. The van der Waals surface area contributed by atoms with E-state index in [0.29, 0.717) is 37.1 Å². The second-order valence-electron chi connectivity index (χ2n) is 8.31. The van der Waals surface area contributed by atoms with Gasteiger partial charge in [-0.3, -0.25) is 14.6 Å². The summed E-state index contributed by atoms with van der Waals surface area (Å²) in [5.41, 5.74) is 1.78. The number of hydrogen-bond acceptors (Lipinski definition) is 3. The molecular formula is C27H26FN3O2. The summed E-state index contributed by atoms with van der Waals surface area (Å²) < 4.78 is 14.6. The number of likely N-dealkylation sites (tertiary alicyclic amines) is 1. The Morgan fingerprint density at radius 2 is 1.85 bits per heavy atom. The van der Waals surface area contributed by atoms with Crippen LogP contribution in [-0.4, -0.2) is 41.3 Å². The van der Waals surface area contributed by atoms with Crippen molar-refractivity contribution >= 4 is 11.8 Å². The summed E-state index contributed by atoms with van der Waals surface area (Å²) in [6.45, 7) is 4.75. The Bertz CT molecular complexity index is 1160. The Kier molecular flexibility index (Phi) is 6.63. The van der Waals surface area contributed by atoms with Crippen LogP contribution in [0.4, 0.5) is 4.39 Å². The molecule has 2 heterocycles. The first-order valence-electron chi connectivity index (χ1n) is 11.0. The van der Waals surface area contributed by atoms with Crippen LogP contribution >= 0.6 is 0 Å². The van der Waals surface area contributed by atoms with Crippen molar-refractivity contribution in [1.82, 2.24) is 15.2 Å². The molecular weight excluding hydrogens is 417 g/mol. The zero-order valence-electron chi connectivity index (χ0n) is 18.3. The summed E-state index contributed by atoms with van der Waals surface area (Å²) in [6.07, 6.45) is 5.68. The maximum atomic E-state index is 14.6. The highest BCUT2D eigenvalue weighted by Gasteiger charge is 2.46. The number of nitrogens with zero attached hydrogens (tertiary/aromatic N) is 2. The smallest absolute Gasteiger partial charge is 0.255 e. The van der Waals surface area contributed by atoms with Crippen LogP contribution in [0.2, 0.25) is 0 Å². The van der Waals surface area contributed by atoms with E-state index in [1.54, 1.807) is 47.5 Å². The first kappa shape index (κ1) is 22.4. The van der Waals surface area contributed by atoms with Gasteiger partial charge in [-0.25, -0.2) is 4.39 Å². The first-order chi connectivity index (χ1) is 16.0. The van der Waals surface area contributed by atoms with Crippen molar-refractivity contribution in [3.8, 4) is 11.1 Å². The number of pyridine rings is 1. The van der Waals surface area contributed by atoms with E-state index >= 15 is 0 Å². The van der Waals surface area contributed by atoms with Crippen LogP contribution in [-0.2, 0) is 11.2 Å². The molecule has 3 aromatic rings. The van der Waals surface area contributed by atoms with Gasteiger partial charge in [0.15, 0.2) is 0 Å². The molecule has 5 nitrogen and oxygen atoms in total. The molecule has 0 spiro atoms. The van der Waals surface area contributed by atoms with Gasteiger partial charge in [0.05, 0.1) is 11.0 Å². The van der Waals surface area contributed by atoms with Crippen LogP contribution in [0.5, 0.6) is 0 Å². The molecule has 0 aliphatic carbocycles. The van der Waals surface area contributed by atoms with Crippen molar-refractivity contribution < 1.29 is 14.0 Å². The molecule has 4 rings (SSSR count). The Morgan fingerprint density at radius 3 is 2.58 bits per heavy atom. The molecule has 0 unspecified atom stereocenters. The summed E-state index contributed by atoms with van der Waals surface area (Å²) in [4.78, 5) is 32.2. The normalized spacial score (nSPS) is 17.5. The zero-order chi connectivity index (χ0) is 23.3. The minimum atomic E-state index is -0.831. The maximum Gasteiger partial charge on any atom is 0.255 e. The second kappa shape index (κ2) is 9.77. The topological polar surface area (TPSA) is 62.3 Å². The zero-order valence-corrected chi connectivity index (χ0v) is 18.3. The van der Waals surface area contributed by atoms with Gasteiger partial charge in [-0.15, -0.1) is 6.58 Å². The van der Waals surface area contributed by atoms with Crippen molar-refractivity contribution in [3.63, 3.8) is 0 Å². The Morgan fingerprint density at radius 1 is 1.09 bits per heavy atom. The monoisotopic (exact) mass is 443 g/mol. The average Bonchev–Trinajstić information content (AvgIpc) is 3.28. The van der Waals surface area contributed by atoms with Crippen molar-refractivity contribution in [2.24, 2.45) is 5.41 Å². The molecule has 1 aliphatic heterocycles. The molecule has 1 fully saturated rings. The number of benzene rings is 2. The van der Waals surface area contributed by atoms with Gasteiger partial charge in [-0.1, -0.05) is 48.5 Å². The fourth-order valence-corrected chi connectivity index (χ4v) is 4.46. The minimum Gasteiger partial charge on any atom is -0.352 e. The number of nitrogens with one attached hydrogen (secondary N) is 1. The fraction of sp³-hybridized carbons (Fsp3) is 0.222. The molecule has 33 heavy (non-hydrogen) atoms. The van der Waals surface area contributed by atoms with Crippen LogP contribution < -0.4 is 5.32 Å². The lowest BCUT2D eigenvalue weighted by Crippen LogP contribution is -2.45. The third-order valence-electron chi connectivity index (χ3n) is 6.15. The van der Waals surface area contributed by atoms with E-state index in [0.717, 1.165) is 11.1 Å². The van der Waals surface area contributed by atoms with Gasteiger partial charge >= 0.3 is 0 Å². The summed E-state index contributed by atoms with van der Waals surface area (Å²) in [7, 11) is 0. The van der Waals surface area contributed by atoms with E-state index in [9.17, 15) is 14.0 Å². The number of amides is 2. The van der Waals surface area contributed by atoms with Gasteiger partial charge in [0.1, 0.15) is 5.82 Å². The number of aromatic nitrogens is 1. The van der Waals surface area contributed by atoms with E-state index in [-0.39, 0.29) is 24.2 Å². The largest absolute Gasteiger partial charge is 0.352 e. The molecule has 6 heteroatoms. The van der Waals surface area contributed by atoms with E-state index in [4.69, 9.17) is 0 Å². The van der Waals surface area contributed by atoms with Crippen molar-refractivity contribution in [2.75, 3.05) is 19.6 Å². The van der Waals surface area contributed by atoms with Crippen LogP contribution in [0, 0.1) is 11.2 Å². The van der Waals surface area contributed by atoms with Gasteiger partial charge in [-0.05, 0) is 42.2 Å². The predicted octanol–water partition coefficient (Wildman–Crippen LogP) is 4.26. The number of carbonyl (C=O) groups is 2. The summed E-state index contributed by atoms with van der Waals surface area (Å²) in [5, 5.41) is 2.92. The van der Waals surface area contributed by atoms with E-state index in [1.807, 2.05) is 24.3 Å². The quantitative estimate of drug-likeness (QED) is 0.555. The number of hydrogen-bond donors (Lipinski definition) is 1. The van der Waals surface area contributed by atoms with Gasteiger partial charge in [0.25, 0.3) is 5.91 Å². The lowest BCUT2D eigenvalue weighted by atomic mass is 9.78. The van der Waals surface area contributed by atoms with Crippen LogP contribution in [0.25, 0.3) is 11.1 Å². The molecule has 0 bridgehead atoms. The second-order valence-corrected chi connectivity index (χ2v) is 8.31. The molecule has 1 N–H and O–H groups in total. The summed E-state index contributed by atoms with van der Waals surface area (Å²) >= 11 is 0. The van der Waals surface area contributed by atoms with Gasteiger partial charge in [0.2, 0.25) is 5.91 Å². The van der Waals surface area contributed by atoms with Crippen LogP contribution in [0.1, 0.15) is 22.3 Å². The molecule has 1 aliphatic rings. The number of rotatable bonds is 7. The minimum absolute atomic E-state index is 0.132. The molecule has 1 aromatic heterocycles. The van der Waals surface area contributed by atoms with E-state index < -0.39 is 5.41 Å². The van der Waals surface area contributed by atoms with Gasteiger partial charge in [0, 0.05) is 37.6 Å². The highest BCUT2D eigenvalue weighted by Crippen LogP contribution is 2.38. The van der Waals surface area contributed by atoms with Crippen LogP contribution in [0.15, 0.2) is 85.7 Å². The standard InChI is InChI=1S/C27H26FN3O2/c1-2-14-30-26(33)27(13-16-31(19-27)25(32)21-9-7-15-29-18-21)17-20-8-3-4-10-22(20)23-11-5-6-12-24(23)28/h2-12,15,18H,1,13-14,16-17,19H2,(H,30,33)/t27-/m0/s1. The maximum absolute atomic E-state index is 14.6. The van der Waals surface area contributed by atoms with Crippen molar-refractivity contribution in [1.29, 1.82) is 0 Å². The molecule has 2 amide bonds. The van der Waals surface area contributed by atoms with Crippen LogP contribution in [0.3, 0.4) is 0 Å². The highest BCUT2D eigenvalue weighted by atomic mass is 19.1. The number of halogens is 1. The Balaban J connectivity index is 1.67. The average molecular weight is 444 g/mol. The third kappa shape index (κ3) is 4.70. The lowest BCUT2D eigenvalue weighted by molar-refractivity contribution is -0.130. The van der Waals surface area contributed by atoms with E-state index in [1.165, 1.54) is 12.3 Å². The first-order valence-corrected chi connectivity index (χ1v) is 11.0. The SMILES string of the molecule is C=CCNC(=O)[C@]1(Cc2ccccc2-c2ccccc2F)CCN(C(=O)c2cccnc2)C1. The molecule has 0 saturated carbocycles. The Labute approximate surface area is 193 Å². The van der Waals surface area contributed by atoms with Gasteiger partial charge < -0.3 is 10.2 Å². The van der Waals surface area contributed by atoms with E-state index in [2.05, 4.69) is 16.9 Å². The Hall–Kier alpha value is -3.80. The van der Waals surface area contributed by atoms with Crippen molar-refractivity contribution in [3.05, 3.63) is 103 Å². The lowest BCUT2D eigenvalue weighted by Gasteiger charge is -2.29. The third-order valence-corrected chi connectivity index (χ3v) is 6.15. The fourth-order valence-electron chi connectivity index (χ4n) is 4.46. The molecule has 0 radical (unpaired) electrons. The number of carbonyl (C=O) groups excluding carboxylic acids is 2. The summed E-state index contributed by atoms with van der Waals surface area (Å²) in [6, 6.07) is 17.6. The molecule has 168 valence electrons. The highest BCUT2D eigenvalue weighted by molar-refractivity contribution is 5.95. The molecule has 2 aromatic carbocycles.